The third kappa shape index (κ3) is 3.93. The Morgan fingerprint density at radius 2 is 1.95 bits per heavy atom. The van der Waals surface area contributed by atoms with Gasteiger partial charge >= 0.3 is 5.97 Å². The molecule has 0 aromatic rings. The van der Waals surface area contributed by atoms with Crippen LogP contribution in [0.25, 0.3) is 0 Å². The Morgan fingerprint density at radius 1 is 1.33 bits per heavy atom. The van der Waals surface area contributed by atoms with E-state index < -0.39 is 5.97 Å². The Hall–Kier alpha value is -1.65. The standard InChI is InChI=1S/C16H25N3O2/c1-2-14(18-12-17)19-9-7-16(8-10-19)5-3-13(4-6-16)11-15(20)21/h2,12-13,17H,1,3-11H2,(H,20,21)/b17-12?,18-14+. The van der Waals surface area contributed by atoms with Crippen LogP contribution >= 0.6 is 0 Å². The van der Waals surface area contributed by atoms with Crippen molar-refractivity contribution in [3.05, 3.63) is 12.7 Å². The van der Waals surface area contributed by atoms with Crippen LogP contribution in [0.5, 0.6) is 0 Å². The van der Waals surface area contributed by atoms with Crippen LogP contribution in [-0.4, -0.2) is 41.2 Å². The molecule has 116 valence electrons. The maximum absolute atomic E-state index is 10.8. The van der Waals surface area contributed by atoms with Crippen LogP contribution in [0.15, 0.2) is 17.6 Å². The second kappa shape index (κ2) is 6.87. The number of aliphatic imine (C=N–C) groups is 1. The van der Waals surface area contributed by atoms with Gasteiger partial charge in [0.25, 0.3) is 0 Å². The third-order valence-electron chi connectivity index (χ3n) is 5.16. The number of nitrogens with one attached hydrogen (secondary N) is 1. The number of hydrogen-bond acceptors (Lipinski definition) is 2. The predicted octanol–water partition coefficient (Wildman–Crippen LogP) is 2.93. The van der Waals surface area contributed by atoms with Crippen LogP contribution in [0, 0.1) is 16.7 Å². The number of carbonyl (C=O) groups is 1. The topological polar surface area (TPSA) is 76.8 Å². The average molecular weight is 291 g/mol. The van der Waals surface area contributed by atoms with Crippen LogP contribution in [0.1, 0.15) is 44.9 Å². The molecule has 5 heteroatoms. The molecule has 0 bridgehead atoms. The molecule has 1 saturated heterocycles. The number of carboxylic acids is 1. The molecule has 1 aliphatic carbocycles. The van der Waals surface area contributed by atoms with Crippen LogP contribution < -0.4 is 0 Å². The number of piperidine rings is 1. The molecule has 21 heavy (non-hydrogen) atoms. The number of rotatable bonds is 4. The van der Waals surface area contributed by atoms with Crippen molar-refractivity contribution in [2.75, 3.05) is 13.1 Å². The Kier molecular flexibility index (Phi) is 5.15. The number of hydrogen-bond donors (Lipinski definition) is 2. The van der Waals surface area contributed by atoms with E-state index in [2.05, 4.69) is 16.5 Å². The first-order valence-electron chi connectivity index (χ1n) is 7.74. The van der Waals surface area contributed by atoms with Gasteiger partial charge in [0.2, 0.25) is 0 Å². The van der Waals surface area contributed by atoms with Crippen molar-refractivity contribution in [2.24, 2.45) is 16.3 Å². The second-order valence-electron chi connectivity index (χ2n) is 6.35. The monoisotopic (exact) mass is 291 g/mol. The average Bonchev–Trinajstić information content (AvgIpc) is 2.48. The summed E-state index contributed by atoms with van der Waals surface area (Å²) in [7, 11) is 0. The van der Waals surface area contributed by atoms with Crippen LogP contribution in [0.4, 0.5) is 0 Å². The first-order valence-corrected chi connectivity index (χ1v) is 7.74. The lowest BCUT2D eigenvalue weighted by Crippen LogP contribution is -2.44. The summed E-state index contributed by atoms with van der Waals surface area (Å²) in [5, 5.41) is 16.0. The highest BCUT2D eigenvalue weighted by atomic mass is 16.4. The summed E-state index contributed by atoms with van der Waals surface area (Å²) in [6.45, 7) is 5.69. The van der Waals surface area contributed by atoms with Crippen molar-refractivity contribution in [3.63, 3.8) is 0 Å². The fourth-order valence-corrected chi connectivity index (χ4v) is 3.78. The van der Waals surface area contributed by atoms with Gasteiger partial charge in [0.1, 0.15) is 12.2 Å². The van der Waals surface area contributed by atoms with E-state index in [4.69, 9.17) is 10.5 Å². The quantitative estimate of drug-likeness (QED) is 0.617. The third-order valence-corrected chi connectivity index (χ3v) is 5.16. The molecule has 0 aromatic heterocycles. The van der Waals surface area contributed by atoms with Gasteiger partial charge in [0.05, 0.1) is 0 Å². The Bertz CT molecular complexity index is 427. The molecule has 2 rings (SSSR count). The van der Waals surface area contributed by atoms with E-state index in [1.165, 1.54) is 0 Å². The zero-order valence-corrected chi connectivity index (χ0v) is 12.6. The maximum atomic E-state index is 10.8. The molecule has 2 fully saturated rings. The van der Waals surface area contributed by atoms with Gasteiger partial charge in [-0.05, 0) is 55.9 Å². The van der Waals surface area contributed by atoms with E-state index in [1.807, 2.05) is 0 Å². The molecule has 1 saturated carbocycles. The minimum absolute atomic E-state index is 0.328. The van der Waals surface area contributed by atoms with Crippen molar-refractivity contribution >= 4 is 18.1 Å². The summed E-state index contributed by atoms with van der Waals surface area (Å²) in [6, 6.07) is 0. The number of aliphatic carboxylic acids is 1. The minimum Gasteiger partial charge on any atom is -0.481 e. The van der Waals surface area contributed by atoms with Crippen LogP contribution in [0.3, 0.4) is 0 Å². The first-order chi connectivity index (χ1) is 10.1. The van der Waals surface area contributed by atoms with E-state index in [0.29, 0.717) is 17.8 Å². The van der Waals surface area contributed by atoms with Crippen LogP contribution in [-0.2, 0) is 4.79 Å². The fraction of sp³-hybridized carbons (Fsp3) is 0.688. The number of nitrogens with zero attached hydrogens (tertiary/aromatic N) is 2. The molecular weight excluding hydrogens is 266 g/mol. The molecule has 0 atom stereocenters. The first kappa shape index (κ1) is 15.7. The summed E-state index contributed by atoms with van der Waals surface area (Å²) < 4.78 is 0. The molecule has 1 aliphatic heterocycles. The van der Waals surface area contributed by atoms with Gasteiger partial charge in [-0.2, -0.15) is 0 Å². The van der Waals surface area contributed by atoms with Crippen molar-refractivity contribution in [1.29, 1.82) is 5.41 Å². The van der Waals surface area contributed by atoms with Gasteiger partial charge in [0, 0.05) is 19.5 Å². The molecule has 1 heterocycles. The van der Waals surface area contributed by atoms with E-state index in [-0.39, 0.29) is 0 Å². The predicted molar refractivity (Wildman–Crippen MR) is 83.9 cm³/mol. The molecule has 2 N–H and O–H groups in total. The van der Waals surface area contributed by atoms with Crippen molar-refractivity contribution in [1.82, 2.24) is 4.90 Å². The molecule has 0 unspecified atom stereocenters. The number of amidine groups is 1. The molecule has 0 radical (unpaired) electrons. The van der Waals surface area contributed by atoms with Crippen molar-refractivity contribution < 1.29 is 9.90 Å². The maximum Gasteiger partial charge on any atom is 0.303 e. The Balaban J connectivity index is 1.87. The van der Waals surface area contributed by atoms with E-state index in [0.717, 1.165) is 63.8 Å². The highest BCUT2D eigenvalue weighted by Crippen LogP contribution is 2.46. The smallest absolute Gasteiger partial charge is 0.303 e. The fourth-order valence-electron chi connectivity index (χ4n) is 3.78. The van der Waals surface area contributed by atoms with Gasteiger partial charge in [-0.1, -0.05) is 6.58 Å². The number of carboxylic acid groups (broad SMARTS) is 1. The lowest BCUT2D eigenvalue weighted by molar-refractivity contribution is -0.138. The minimum atomic E-state index is -0.663. The molecule has 0 amide bonds. The van der Waals surface area contributed by atoms with E-state index in [1.54, 1.807) is 6.08 Å². The van der Waals surface area contributed by atoms with Gasteiger partial charge in [-0.3, -0.25) is 10.2 Å². The van der Waals surface area contributed by atoms with E-state index >= 15 is 0 Å². The Labute approximate surface area is 126 Å². The highest BCUT2D eigenvalue weighted by molar-refractivity contribution is 5.96. The zero-order chi connectivity index (χ0) is 15.3. The van der Waals surface area contributed by atoms with Crippen molar-refractivity contribution in [3.8, 4) is 0 Å². The normalized spacial score (nSPS) is 23.0. The van der Waals surface area contributed by atoms with Gasteiger partial charge in [0.15, 0.2) is 0 Å². The molecule has 2 aliphatic rings. The van der Waals surface area contributed by atoms with Gasteiger partial charge in [-0.15, -0.1) is 0 Å². The SMILES string of the molecule is C=C/C(=N\C=N)N1CCC2(CCC(CC(=O)O)CC2)CC1. The second-order valence-corrected chi connectivity index (χ2v) is 6.35. The largest absolute Gasteiger partial charge is 0.481 e. The highest BCUT2D eigenvalue weighted by Gasteiger charge is 2.38. The summed E-state index contributed by atoms with van der Waals surface area (Å²) in [5.41, 5.74) is 0.405. The number of likely N-dealkylation sites (tertiary alicyclic amines) is 1. The summed E-state index contributed by atoms with van der Waals surface area (Å²) in [4.78, 5) is 17.0. The lowest BCUT2D eigenvalue weighted by Gasteiger charge is -2.46. The van der Waals surface area contributed by atoms with Crippen molar-refractivity contribution in [2.45, 2.75) is 44.9 Å². The summed E-state index contributed by atoms with van der Waals surface area (Å²) in [6.07, 6.45) is 9.80. The van der Waals surface area contributed by atoms with E-state index in [9.17, 15) is 4.79 Å². The van der Waals surface area contributed by atoms with Crippen LogP contribution in [0.2, 0.25) is 0 Å². The zero-order valence-electron chi connectivity index (χ0n) is 12.6. The summed E-state index contributed by atoms with van der Waals surface area (Å²) >= 11 is 0. The molecule has 5 nitrogen and oxygen atoms in total. The Morgan fingerprint density at radius 3 is 2.43 bits per heavy atom. The van der Waals surface area contributed by atoms with Gasteiger partial charge in [-0.25, -0.2) is 4.99 Å². The summed E-state index contributed by atoms with van der Waals surface area (Å²) in [5.74, 6) is 0.498. The molecular formula is C16H25N3O2. The van der Waals surface area contributed by atoms with Gasteiger partial charge < -0.3 is 10.0 Å². The lowest BCUT2D eigenvalue weighted by atomic mass is 9.65. The molecule has 0 aromatic carbocycles. The molecule has 1 spiro atoms.